The molecule has 1 aromatic carbocycles. The highest BCUT2D eigenvalue weighted by Gasteiger charge is 2.20. The predicted octanol–water partition coefficient (Wildman–Crippen LogP) is 4.65. The molecule has 3 N–H and O–H groups in total. The van der Waals surface area contributed by atoms with Crippen LogP contribution in [0.1, 0.15) is 36.9 Å². The van der Waals surface area contributed by atoms with Crippen molar-refractivity contribution >= 4 is 33.7 Å². The zero-order valence-corrected chi connectivity index (χ0v) is 23.1. The van der Waals surface area contributed by atoms with Gasteiger partial charge < -0.3 is 20.5 Å². The monoisotopic (exact) mass is 582 g/mol. The van der Waals surface area contributed by atoms with E-state index in [9.17, 15) is 9.90 Å². The first kappa shape index (κ1) is 27.8. The lowest BCUT2D eigenvalue weighted by atomic mass is 10.1. The van der Waals surface area contributed by atoms with E-state index in [1.165, 1.54) is 5.56 Å². The van der Waals surface area contributed by atoms with Gasteiger partial charge in [0.25, 0.3) is 0 Å². The van der Waals surface area contributed by atoms with Gasteiger partial charge in [0.1, 0.15) is 24.2 Å². The third-order valence-corrected chi connectivity index (χ3v) is 6.89. The van der Waals surface area contributed by atoms with Gasteiger partial charge in [-0.25, -0.2) is 19.7 Å². The Labute approximate surface area is 232 Å². The molecular formula is C28H35BrN6O3. The first-order valence-electron chi connectivity index (χ1n) is 13.2. The number of carboxylic acids is 1. The van der Waals surface area contributed by atoms with Gasteiger partial charge in [0.15, 0.2) is 0 Å². The molecule has 0 bridgehead atoms. The number of rotatable bonds is 15. The molecule has 0 aliphatic carbocycles. The van der Waals surface area contributed by atoms with Gasteiger partial charge in [-0.05, 0) is 84.8 Å². The maximum Gasteiger partial charge on any atom is 0.326 e. The van der Waals surface area contributed by atoms with Crippen molar-refractivity contribution in [1.82, 2.24) is 19.9 Å². The summed E-state index contributed by atoms with van der Waals surface area (Å²) in [6.45, 7) is 3.69. The number of ether oxygens (including phenoxy) is 1. The fraction of sp³-hybridized carbons (Fsp3) is 0.429. The highest BCUT2D eigenvalue weighted by molar-refractivity contribution is 9.10. The molecule has 4 rings (SSSR count). The molecule has 0 amide bonds. The van der Waals surface area contributed by atoms with Crippen LogP contribution in [0.4, 0.5) is 11.8 Å². The summed E-state index contributed by atoms with van der Waals surface area (Å²) in [5.74, 6) is 1.24. The Morgan fingerprint density at radius 1 is 1.11 bits per heavy atom. The molecule has 1 atom stereocenters. The number of aromatic nitrogens is 3. The zero-order chi connectivity index (χ0) is 26.6. The fourth-order valence-electron chi connectivity index (χ4n) is 4.41. The van der Waals surface area contributed by atoms with Gasteiger partial charge in [-0.15, -0.1) is 0 Å². The Morgan fingerprint density at radius 3 is 2.71 bits per heavy atom. The second kappa shape index (κ2) is 14.6. The van der Waals surface area contributed by atoms with E-state index in [-0.39, 0.29) is 0 Å². The molecule has 38 heavy (non-hydrogen) atoms. The summed E-state index contributed by atoms with van der Waals surface area (Å²) in [7, 11) is 0. The third-order valence-electron chi connectivity index (χ3n) is 6.48. The lowest BCUT2D eigenvalue weighted by Gasteiger charge is -2.24. The van der Waals surface area contributed by atoms with E-state index in [4.69, 9.17) is 9.72 Å². The topological polar surface area (TPSA) is 112 Å². The van der Waals surface area contributed by atoms with Crippen molar-refractivity contribution in [3.8, 4) is 5.75 Å². The smallest absolute Gasteiger partial charge is 0.326 e. The van der Waals surface area contributed by atoms with Crippen LogP contribution in [0.15, 0.2) is 59.3 Å². The molecule has 9 nitrogen and oxygen atoms in total. The van der Waals surface area contributed by atoms with Crippen molar-refractivity contribution < 1.29 is 14.6 Å². The molecule has 1 aliphatic heterocycles. The summed E-state index contributed by atoms with van der Waals surface area (Å²) in [6.07, 6.45) is 8.77. The number of unbranched alkanes of at least 4 members (excludes halogenated alkanes) is 1. The minimum Gasteiger partial charge on any atom is -0.492 e. The Morgan fingerprint density at radius 2 is 1.92 bits per heavy atom. The number of halogens is 1. The highest BCUT2D eigenvalue weighted by atomic mass is 79.9. The third kappa shape index (κ3) is 8.95. The number of aryl methyl sites for hydroxylation is 2. The Bertz CT molecular complexity index is 1150. The first-order valence-corrected chi connectivity index (χ1v) is 14.0. The second-order valence-electron chi connectivity index (χ2n) is 9.35. The number of para-hydroxylation sites is 1. The van der Waals surface area contributed by atoms with Crippen LogP contribution in [-0.2, 0) is 17.6 Å². The number of nitrogens with one attached hydrogen (secondary N) is 2. The molecule has 0 radical (unpaired) electrons. The normalized spacial score (nSPS) is 13.4. The molecule has 0 unspecified atom stereocenters. The lowest BCUT2D eigenvalue weighted by Crippen LogP contribution is -2.37. The number of benzene rings is 1. The van der Waals surface area contributed by atoms with Crippen LogP contribution in [0.2, 0.25) is 0 Å². The van der Waals surface area contributed by atoms with Crippen molar-refractivity contribution in [1.29, 1.82) is 0 Å². The van der Waals surface area contributed by atoms with E-state index >= 15 is 0 Å². The largest absolute Gasteiger partial charge is 0.492 e. The van der Waals surface area contributed by atoms with Gasteiger partial charge in [0.2, 0.25) is 5.95 Å². The number of hydrogen-bond donors (Lipinski definition) is 3. The van der Waals surface area contributed by atoms with Crippen molar-refractivity contribution in [2.75, 3.05) is 43.4 Å². The van der Waals surface area contributed by atoms with Crippen molar-refractivity contribution in [2.45, 2.75) is 44.6 Å². The quantitative estimate of drug-likeness (QED) is 0.220. The standard InChI is InChI=1S/C28H35BrN6O3/c29-22-19-31-28(32-20-22)34-25(27(36)37)13-16-35(17-18-38-24-9-2-1-3-10-24)15-5-4-8-23-12-11-21-7-6-14-30-26(21)33-23/h1-3,9-12,19-20,25H,4-8,13-18H2,(H,30,33)(H,36,37)(H,31,32,34)/t25-/m0/s1. The minimum absolute atomic E-state index is 0.298. The summed E-state index contributed by atoms with van der Waals surface area (Å²) >= 11 is 3.30. The van der Waals surface area contributed by atoms with Crippen LogP contribution < -0.4 is 15.4 Å². The van der Waals surface area contributed by atoms with Crippen LogP contribution in [0.5, 0.6) is 5.75 Å². The van der Waals surface area contributed by atoms with Gasteiger partial charge in [-0.3, -0.25) is 4.90 Å². The van der Waals surface area contributed by atoms with Gasteiger partial charge in [-0.1, -0.05) is 24.3 Å². The number of nitrogens with zero attached hydrogens (tertiary/aromatic N) is 4. The number of carbonyl (C=O) groups is 1. The van der Waals surface area contributed by atoms with Gasteiger partial charge in [0.05, 0.1) is 4.47 Å². The van der Waals surface area contributed by atoms with E-state index in [1.54, 1.807) is 12.4 Å². The van der Waals surface area contributed by atoms with Crippen molar-refractivity contribution in [3.05, 3.63) is 70.6 Å². The maximum absolute atomic E-state index is 11.9. The molecule has 0 spiro atoms. The Kier molecular flexibility index (Phi) is 10.7. The SMILES string of the molecule is O=C(O)[C@H](CCN(CCCCc1ccc2c(n1)NCCC2)CCOc1ccccc1)Nc1ncc(Br)cn1. The number of fused-ring (bicyclic) bond motifs is 1. The van der Waals surface area contributed by atoms with E-state index in [0.29, 0.717) is 32.1 Å². The molecule has 202 valence electrons. The van der Waals surface area contributed by atoms with E-state index < -0.39 is 12.0 Å². The Balaban J connectivity index is 1.29. The molecule has 0 saturated carbocycles. The van der Waals surface area contributed by atoms with Crippen molar-refractivity contribution in [2.24, 2.45) is 0 Å². The minimum atomic E-state index is -0.927. The van der Waals surface area contributed by atoms with Crippen LogP contribution in [0.25, 0.3) is 0 Å². The van der Waals surface area contributed by atoms with Crippen LogP contribution in [-0.4, -0.2) is 69.8 Å². The first-order chi connectivity index (χ1) is 18.6. The van der Waals surface area contributed by atoms with Crippen LogP contribution in [0, 0.1) is 0 Å². The second-order valence-corrected chi connectivity index (χ2v) is 10.3. The molecule has 0 fully saturated rings. The van der Waals surface area contributed by atoms with Crippen LogP contribution >= 0.6 is 15.9 Å². The fourth-order valence-corrected chi connectivity index (χ4v) is 4.61. The van der Waals surface area contributed by atoms with Crippen molar-refractivity contribution in [3.63, 3.8) is 0 Å². The molecule has 0 saturated heterocycles. The summed E-state index contributed by atoms with van der Waals surface area (Å²) in [5, 5.41) is 16.1. The molecule has 3 heterocycles. The molecule has 10 heteroatoms. The average molecular weight is 584 g/mol. The number of hydrogen-bond acceptors (Lipinski definition) is 8. The molecule has 3 aromatic rings. The summed E-state index contributed by atoms with van der Waals surface area (Å²) < 4.78 is 6.65. The summed E-state index contributed by atoms with van der Waals surface area (Å²) in [5.41, 5.74) is 2.42. The molecular weight excluding hydrogens is 548 g/mol. The number of carboxylic acid groups (broad SMARTS) is 1. The summed E-state index contributed by atoms with van der Waals surface area (Å²) in [6, 6.07) is 13.3. The van der Waals surface area contributed by atoms with Gasteiger partial charge in [-0.2, -0.15) is 0 Å². The average Bonchev–Trinajstić information content (AvgIpc) is 2.94. The van der Waals surface area contributed by atoms with Crippen LogP contribution in [0.3, 0.4) is 0 Å². The number of aliphatic carboxylic acids is 1. The molecule has 1 aliphatic rings. The predicted molar refractivity (Wildman–Crippen MR) is 152 cm³/mol. The Hall–Kier alpha value is -3.24. The highest BCUT2D eigenvalue weighted by Crippen LogP contribution is 2.20. The number of anilines is 2. The van der Waals surface area contributed by atoms with E-state index in [0.717, 1.165) is 66.9 Å². The van der Waals surface area contributed by atoms with Gasteiger partial charge in [0, 0.05) is 37.7 Å². The van der Waals surface area contributed by atoms with E-state index in [2.05, 4.69) is 53.6 Å². The number of pyridine rings is 1. The van der Waals surface area contributed by atoms with E-state index in [1.807, 2.05) is 30.3 Å². The lowest BCUT2D eigenvalue weighted by molar-refractivity contribution is -0.138. The maximum atomic E-state index is 11.9. The summed E-state index contributed by atoms with van der Waals surface area (Å²) in [4.78, 5) is 27.3. The van der Waals surface area contributed by atoms with Gasteiger partial charge >= 0.3 is 5.97 Å². The molecule has 2 aromatic heterocycles. The zero-order valence-electron chi connectivity index (χ0n) is 21.5.